The van der Waals surface area contributed by atoms with Crippen molar-refractivity contribution in [2.45, 2.75) is 25.4 Å². The minimum absolute atomic E-state index is 0.0172. The molecule has 0 radical (unpaired) electrons. The summed E-state index contributed by atoms with van der Waals surface area (Å²) in [6.07, 6.45) is -4.06. The molecule has 0 atom stereocenters. The van der Waals surface area contributed by atoms with E-state index < -0.39 is 24.4 Å². The van der Waals surface area contributed by atoms with Crippen molar-refractivity contribution < 1.29 is 36.2 Å². The first kappa shape index (κ1) is 22.4. The highest BCUT2D eigenvalue weighted by Crippen LogP contribution is 2.30. The quantitative estimate of drug-likeness (QED) is 0.622. The number of aryl methyl sites for hydroxylation is 1. The summed E-state index contributed by atoms with van der Waals surface area (Å²) in [5, 5.41) is 2.58. The van der Waals surface area contributed by atoms with Gasteiger partial charge in [-0.1, -0.05) is 12.1 Å². The highest BCUT2D eigenvalue weighted by Gasteiger charge is 2.29. The van der Waals surface area contributed by atoms with Crippen molar-refractivity contribution in [1.82, 2.24) is 5.32 Å². The fourth-order valence-electron chi connectivity index (χ4n) is 2.59. The average Bonchev–Trinajstić information content (AvgIpc) is 2.66. The number of benzene rings is 2. The van der Waals surface area contributed by atoms with Crippen LogP contribution in [0.1, 0.15) is 17.5 Å². The fraction of sp³-hybridized carbons (Fsp3) is 0.350. The Morgan fingerprint density at radius 3 is 2.34 bits per heavy atom. The van der Waals surface area contributed by atoms with Gasteiger partial charge in [0, 0.05) is 18.5 Å². The maximum absolute atomic E-state index is 13.5. The number of carbonyl (C=O) groups is 1. The molecule has 0 aliphatic carbocycles. The molecule has 0 aromatic heterocycles. The summed E-state index contributed by atoms with van der Waals surface area (Å²) in [6.45, 7) is -1.36. The predicted molar refractivity (Wildman–Crippen MR) is 95.9 cm³/mol. The molecule has 158 valence electrons. The van der Waals surface area contributed by atoms with Crippen LogP contribution in [0.15, 0.2) is 36.4 Å². The standard InChI is InChI=1S/C20H20F5NO3/c1-28-18-11-13(5-7-17(18)29-12-20(23,24)25)6-8-19(27)26-10-9-14-15(21)3-2-4-16(14)22/h2-5,7,11H,6,8-10,12H2,1H3,(H,26,27). The fourth-order valence-corrected chi connectivity index (χ4v) is 2.59. The molecule has 4 nitrogen and oxygen atoms in total. The van der Waals surface area contributed by atoms with Crippen LogP contribution in [0.5, 0.6) is 11.5 Å². The zero-order valence-electron chi connectivity index (χ0n) is 15.6. The first-order valence-corrected chi connectivity index (χ1v) is 8.75. The Balaban J connectivity index is 1.83. The van der Waals surface area contributed by atoms with Gasteiger partial charge >= 0.3 is 6.18 Å². The molecule has 0 saturated carbocycles. The molecule has 0 saturated heterocycles. The number of hydrogen-bond donors (Lipinski definition) is 1. The van der Waals surface area contributed by atoms with Crippen molar-refractivity contribution in [2.75, 3.05) is 20.3 Å². The van der Waals surface area contributed by atoms with Gasteiger partial charge in [0.25, 0.3) is 0 Å². The topological polar surface area (TPSA) is 47.6 Å². The van der Waals surface area contributed by atoms with Crippen molar-refractivity contribution in [3.63, 3.8) is 0 Å². The maximum Gasteiger partial charge on any atom is 0.422 e. The number of ether oxygens (including phenoxy) is 2. The SMILES string of the molecule is COc1cc(CCC(=O)NCCc2c(F)cccc2F)ccc1OCC(F)(F)F. The lowest BCUT2D eigenvalue weighted by Crippen LogP contribution is -2.26. The third-order valence-corrected chi connectivity index (χ3v) is 4.02. The Hall–Kier alpha value is -2.84. The second-order valence-corrected chi connectivity index (χ2v) is 6.19. The second kappa shape index (κ2) is 10.1. The predicted octanol–water partition coefficient (Wildman–Crippen LogP) is 4.21. The smallest absolute Gasteiger partial charge is 0.422 e. The highest BCUT2D eigenvalue weighted by molar-refractivity contribution is 5.76. The number of hydrogen-bond acceptors (Lipinski definition) is 3. The van der Waals surface area contributed by atoms with E-state index in [4.69, 9.17) is 9.47 Å². The molecule has 9 heteroatoms. The molecular weight excluding hydrogens is 397 g/mol. The van der Waals surface area contributed by atoms with Crippen molar-refractivity contribution >= 4 is 5.91 Å². The molecule has 0 fully saturated rings. The normalized spacial score (nSPS) is 11.2. The van der Waals surface area contributed by atoms with E-state index in [2.05, 4.69) is 5.32 Å². The van der Waals surface area contributed by atoms with Gasteiger partial charge in [-0.05, 0) is 42.7 Å². The van der Waals surface area contributed by atoms with Crippen LogP contribution < -0.4 is 14.8 Å². The molecule has 1 amide bonds. The highest BCUT2D eigenvalue weighted by atomic mass is 19.4. The number of halogens is 5. The summed E-state index contributed by atoms with van der Waals surface area (Å²) >= 11 is 0. The maximum atomic E-state index is 13.5. The van der Waals surface area contributed by atoms with Gasteiger partial charge in [0.1, 0.15) is 11.6 Å². The van der Waals surface area contributed by atoms with E-state index in [0.29, 0.717) is 12.0 Å². The summed E-state index contributed by atoms with van der Waals surface area (Å²) in [6, 6.07) is 7.94. The van der Waals surface area contributed by atoms with Gasteiger partial charge in [-0.25, -0.2) is 8.78 Å². The minimum atomic E-state index is -4.46. The Morgan fingerprint density at radius 2 is 1.72 bits per heavy atom. The van der Waals surface area contributed by atoms with E-state index in [-0.39, 0.29) is 42.4 Å². The van der Waals surface area contributed by atoms with Gasteiger partial charge in [-0.15, -0.1) is 0 Å². The van der Waals surface area contributed by atoms with E-state index in [9.17, 15) is 26.7 Å². The van der Waals surface area contributed by atoms with Gasteiger partial charge in [0.15, 0.2) is 18.1 Å². The second-order valence-electron chi connectivity index (χ2n) is 6.19. The molecule has 0 bridgehead atoms. The van der Waals surface area contributed by atoms with Crippen molar-refractivity contribution in [1.29, 1.82) is 0 Å². The van der Waals surface area contributed by atoms with Crippen LogP contribution in [-0.4, -0.2) is 32.3 Å². The van der Waals surface area contributed by atoms with Crippen LogP contribution in [0, 0.1) is 11.6 Å². The van der Waals surface area contributed by atoms with Gasteiger partial charge in [0.2, 0.25) is 5.91 Å². The van der Waals surface area contributed by atoms with Gasteiger partial charge in [0.05, 0.1) is 7.11 Å². The number of amides is 1. The van der Waals surface area contributed by atoms with Crippen molar-refractivity contribution in [2.24, 2.45) is 0 Å². The summed E-state index contributed by atoms with van der Waals surface area (Å²) in [4.78, 5) is 11.9. The van der Waals surface area contributed by atoms with E-state index in [1.807, 2.05) is 0 Å². The summed E-state index contributed by atoms with van der Waals surface area (Å²) in [5.74, 6) is -1.58. The lowest BCUT2D eigenvalue weighted by atomic mass is 10.1. The Bertz CT molecular complexity index is 819. The van der Waals surface area contributed by atoms with Crippen LogP contribution in [-0.2, 0) is 17.6 Å². The average molecular weight is 417 g/mol. The monoisotopic (exact) mass is 417 g/mol. The molecule has 1 N–H and O–H groups in total. The molecule has 0 aliphatic rings. The third-order valence-electron chi connectivity index (χ3n) is 4.02. The largest absolute Gasteiger partial charge is 0.493 e. The summed E-state index contributed by atoms with van der Waals surface area (Å²) < 4.78 is 73.6. The molecule has 0 heterocycles. The summed E-state index contributed by atoms with van der Waals surface area (Å²) in [7, 11) is 1.30. The number of alkyl halides is 3. The lowest BCUT2D eigenvalue weighted by molar-refractivity contribution is -0.153. The van der Waals surface area contributed by atoms with Gasteiger partial charge < -0.3 is 14.8 Å². The molecule has 0 aliphatic heterocycles. The first-order valence-electron chi connectivity index (χ1n) is 8.75. The Kier molecular flexibility index (Phi) is 7.81. The minimum Gasteiger partial charge on any atom is -0.493 e. The molecule has 2 aromatic carbocycles. The number of carbonyl (C=O) groups excluding carboxylic acids is 1. The van der Waals surface area contributed by atoms with Crippen molar-refractivity contribution in [3.8, 4) is 11.5 Å². The van der Waals surface area contributed by atoms with Crippen LogP contribution in [0.2, 0.25) is 0 Å². The molecule has 2 aromatic rings. The Labute approximate surface area is 164 Å². The molecule has 0 unspecified atom stereocenters. The van der Waals surface area contributed by atoms with E-state index in [1.165, 1.54) is 31.4 Å². The van der Waals surface area contributed by atoms with Crippen LogP contribution in [0.3, 0.4) is 0 Å². The van der Waals surface area contributed by atoms with Crippen LogP contribution in [0.25, 0.3) is 0 Å². The molecule has 2 rings (SSSR count). The third kappa shape index (κ3) is 7.24. The lowest BCUT2D eigenvalue weighted by Gasteiger charge is -2.13. The van der Waals surface area contributed by atoms with E-state index in [0.717, 1.165) is 12.1 Å². The number of methoxy groups -OCH3 is 1. The summed E-state index contributed by atoms with van der Waals surface area (Å²) in [5.41, 5.74) is 0.573. The molecule has 29 heavy (non-hydrogen) atoms. The molecular formula is C20H20F5NO3. The van der Waals surface area contributed by atoms with Gasteiger partial charge in [-0.3, -0.25) is 4.79 Å². The Morgan fingerprint density at radius 1 is 1.03 bits per heavy atom. The van der Waals surface area contributed by atoms with Crippen LogP contribution in [0.4, 0.5) is 22.0 Å². The number of rotatable bonds is 9. The first-order chi connectivity index (χ1) is 13.7. The van der Waals surface area contributed by atoms with E-state index in [1.54, 1.807) is 0 Å². The molecule has 0 spiro atoms. The van der Waals surface area contributed by atoms with Crippen molar-refractivity contribution in [3.05, 3.63) is 59.2 Å². The van der Waals surface area contributed by atoms with E-state index >= 15 is 0 Å². The van der Waals surface area contributed by atoms with Gasteiger partial charge in [-0.2, -0.15) is 13.2 Å². The van der Waals surface area contributed by atoms with Crippen LogP contribution >= 0.6 is 0 Å². The zero-order chi connectivity index (χ0) is 21.4. The number of nitrogens with one attached hydrogen (secondary N) is 1. The zero-order valence-corrected chi connectivity index (χ0v) is 15.6.